The number of aliphatic carboxylic acids is 1. The Morgan fingerprint density at radius 3 is 2.40 bits per heavy atom. The lowest BCUT2D eigenvalue weighted by Gasteiger charge is -2.26. The number of carboxylic acids is 1. The largest absolute Gasteiger partial charge is 0.481 e. The number of nitrogens with zero attached hydrogens (tertiary/aromatic N) is 1. The Morgan fingerprint density at radius 1 is 1.20 bits per heavy atom. The third-order valence-electron chi connectivity index (χ3n) is 3.34. The zero-order chi connectivity index (χ0) is 14.8. The minimum absolute atomic E-state index is 0.350. The zero-order valence-corrected chi connectivity index (χ0v) is 12.3. The number of aromatic nitrogens is 1. The van der Waals surface area contributed by atoms with E-state index in [2.05, 4.69) is 4.98 Å². The topological polar surface area (TPSA) is 50.2 Å². The molecule has 1 unspecified atom stereocenters. The molecular weight excluding hydrogens is 297 g/mol. The smallest absolute Gasteiger partial charge is 0.314 e. The first kappa shape index (κ1) is 14.8. The van der Waals surface area contributed by atoms with Crippen molar-refractivity contribution < 1.29 is 9.90 Å². The molecule has 1 aromatic carbocycles. The first-order valence-corrected chi connectivity index (χ1v) is 6.77. The molecule has 0 fully saturated rings. The van der Waals surface area contributed by atoms with Crippen molar-refractivity contribution in [2.24, 2.45) is 0 Å². The van der Waals surface area contributed by atoms with Crippen LogP contribution in [0.5, 0.6) is 0 Å². The summed E-state index contributed by atoms with van der Waals surface area (Å²) in [5.41, 5.74) is 0.447. The lowest BCUT2D eigenvalue weighted by molar-refractivity contribution is -0.143. The van der Waals surface area contributed by atoms with Gasteiger partial charge in [0.05, 0.1) is 15.5 Å². The van der Waals surface area contributed by atoms with Crippen molar-refractivity contribution in [2.45, 2.75) is 18.8 Å². The number of benzene rings is 1. The first-order valence-electron chi connectivity index (χ1n) is 6.01. The fourth-order valence-corrected chi connectivity index (χ4v) is 2.35. The van der Waals surface area contributed by atoms with Gasteiger partial charge in [-0.25, -0.2) is 0 Å². The zero-order valence-electron chi connectivity index (χ0n) is 10.8. The van der Waals surface area contributed by atoms with Crippen molar-refractivity contribution in [3.05, 3.63) is 63.9 Å². The monoisotopic (exact) mass is 309 g/mol. The van der Waals surface area contributed by atoms with Gasteiger partial charge < -0.3 is 5.11 Å². The molecule has 20 heavy (non-hydrogen) atoms. The summed E-state index contributed by atoms with van der Waals surface area (Å²) in [5, 5.41) is 10.4. The maximum Gasteiger partial charge on any atom is 0.314 e. The van der Waals surface area contributed by atoms with E-state index in [0.29, 0.717) is 22.0 Å². The van der Waals surface area contributed by atoms with Gasteiger partial charge in [0, 0.05) is 12.4 Å². The molecule has 0 aliphatic carbocycles. The highest BCUT2D eigenvalue weighted by molar-refractivity contribution is 6.42. The molecule has 1 aromatic heterocycles. The molecule has 2 aromatic rings. The number of pyridine rings is 1. The molecule has 0 spiro atoms. The molecule has 0 radical (unpaired) electrons. The molecule has 1 atom stereocenters. The van der Waals surface area contributed by atoms with Crippen LogP contribution < -0.4 is 0 Å². The van der Waals surface area contributed by atoms with Crippen LogP contribution in [-0.2, 0) is 16.6 Å². The van der Waals surface area contributed by atoms with Gasteiger partial charge in [-0.1, -0.05) is 29.3 Å². The van der Waals surface area contributed by atoms with Crippen LogP contribution in [0.2, 0.25) is 10.0 Å². The van der Waals surface area contributed by atoms with Crippen molar-refractivity contribution in [1.29, 1.82) is 0 Å². The van der Waals surface area contributed by atoms with Crippen molar-refractivity contribution in [3.8, 4) is 0 Å². The lowest BCUT2D eigenvalue weighted by Crippen LogP contribution is -2.34. The molecule has 5 heteroatoms. The van der Waals surface area contributed by atoms with Gasteiger partial charge in [-0.05, 0) is 48.7 Å². The molecule has 1 N–H and O–H groups in total. The standard InChI is InChI=1S/C15H13Cl2NO2/c1-15(14(19)20,9-10-4-6-18-7-5-10)11-2-3-12(16)13(17)8-11/h2-8H,9H2,1H3,(H,19,20). The Morgan fingerprint density at radius 2 is 1.85 bits per heavy atom. The fraction of sp³-hybridized carbons (Fsp3) is 0.200. The summed E-state index contributed by atoms with van der Waals surface area (Å²) in [5.74, 6) is -0.910. The van der Waals surface area contributed by atoms with Crippen molar-refractivity contribution in [3.63, 3.8) is 0 Å². The summed E-state index contributed by atoms with van der Waals surface area (Å²) in [7, 11) is 0. The van der Waals surface area contributed by atoms with Gasteiger partial charge in [0.2, 0.25) is 0 Å². The van der Waals surface area contributed by atoms with E-state index in [1.165, 1.54) is 0 Å². The molecular formula is C15H13Cl2NO2. The summed E-state index contributed by atoms with van der Waals surface area (Å²) < 4.78 is 0. The second-order valence-corrected chi connectivity index (χ2v) is 5.61. The van der Waals surface area contributed by atoms with Crippen molar-refractivity contribution in [2.75, 3.05) is 0 Å². The molecule has 0 saturated carbocycles. The summed E-state index contributed by atoms with van der Waals surface area (Å²) in [6.07, 6.45) is 3.64. The van der Waals surface area contributed by atoms with Gasteiger partial charge in [-0.15, -0.1) is 0 Å². The highest BCUT2D eigenvalue weighted by atomic mass is 35.5. The number of carboxylic acid groups (broad SMARTS) is 1. The van der Waals surface area contributed by atoms with Crippen LogP contribution in [0, 0.1) is 0 Å². The van der Waals surface area contributed by atoms with E-state index in [0.717, 1.165) is 5.56 Å². The second-order valence-electron chi connectivity index (χ2n) is 4.80. The van der Waals surface area contributed by atoms with E-state index >= 15 is 0 Å². The van der Waals surface area contributed by atoms with Gasteiger partial charge in [0.25, 0.3) is 0 Å². The third kappa shape index (κ3) is 2.94. The molecule has 0 amide bonds. The van der Waals surface area contributed by atoms with Crippen molar-refractivity contribution >= 4 is 29.2 Å². The number of halogens is 2. The number of hydrogen-bond acceptors (Lipinski definition) is 2. The van der Waals surface area contributed by atoms with Crippen LogP contribution in [0.15, 0.2) is 42.7 Å². The summed E-state index contributed by atoms with van der Waals surface area (Å²) in [6, 6.07) is 8.53. The molecule has 0 saturated heterocycles. The van der Waals surface area contributed by atoms with Gasteiger partial charge >= 0.3 is 5.97 Å². The normalized spacial score (nSPS) is 13.8. The Balaban J connectivity index is 2.43. The minimum atomic E-state index is -1.07. The maximum absolute atomic E-state index is 11.7. The Kier molecular flexibility index (Phi) is 4.31. The van der Waals surface area contributed by atoms with Gasteiger partial charge in [-0.2, -0.15) is 0 Å². The van der Waals surface area contributed by atoms with Gasteiger partial charge in [-0.3, -0.25) is 9.78 Å². The van der Waals surface area contributed by atoms with Crippen LogP contribution >= 0.6 is 23.2 Å². The van der Waals surface area contributed by atoms with E-state index in [1.54, 1.807) is 49.6 Å². The summed E-state index contributed by atoms with van der Waals surface area (Å²) in [4.78, 5) is 15.7. The van der Waals surface area contributed by atoms with Crippen LogP contribution in [0.25, 0.3) is 0 Å². The summed E-state index contributed by atoms with van der Waals surface area (Å²) >= 11 is 11.9. The predicted octanol–water partition coefficient (Wildman–Crippen LogP) is 3.97. The molecule has 0 aliphatic rings. The average Bonchev–Trinajstić information content (AvgIpc) is 2.42. The minimum Gasteiger partial charge on any atom is -0.481 e. The average molecular weight is 310 g/mol. The number of carbonyl (C=O) groups is 1. The fourth-order valence-electron chi connectivity index (χ4n) is 2.05. The second kappa shape index (κ2) is 5.81. The molecule has 3 nitrogen and oxygen atoms in total. The van der Waals surface area contributed by atoms with E-state index in [4.69, 9.17) is 23.2 Å². The van der Waals surface area contributed by atoms with Crippen LogP contribution in [0.3, 0.4) is 0 Å². The first-order chi connectivity index (χ1) is 9.43. The third-order valence-corrected chi connectivity index (χ3v) is 4.07. The van der Waals surface area contributed by atoms with Gasteiger partial charge in [0.15, 0.2) is 0 Å². The Labute approximate surface area is 127 Å². The summed E-state index contributed by atoms with van der Waals surface area (Å²) in [6.45, 7) is 1.68. The van der Waals surface area contributed by atoms with Crippen molar-refractivity contribution in [1.82, 2.24) is 4.98 Å². The van der Waals surface area contributed by atoms with E-state index in [-0.39, 0.29) is 0 Å². The molecule has 0 aliphatic heterocycles. The highest BCUT2D eigenvalue weighted by Crippen LogP contribution is 2.33. The van der Waals surface area contributed by atoms with E-state index in [1.807, 2.05) is 0 Å². The van der Waals surface area contributed by atoms with E-state index < -0.39 is 11.4 Å². The highest BCUT2D eigenvalue weighted by Gasteiger charge is 2.35. The molecule has 104 valence electrons. The molecule has 1 heterocycles. The van der Waals surface area contributed by atoms with E-state index in [9.17, 15) is 9.90 Å². The van der Waals surface area contributed by atoms with Crippen LogP contribution in [-0.4, -0.2) is 16.1 Å². The quantitative estimate of drug-likeness (QED) is 0.929. The van der Waals surface area contributed by atoms with Crippen LogP contribution in [0.1, 0.15) is 18.1 Å². The maximum atomic E-state index is 11.7. The Bertz CT molecular complexity index is 631. The molecule has 2 rings (SSSR count). The lowest BCUT2D eigenvalue weighted by atomic mass is 9.77. The number of rotatable bonds is 4. The Hall–Kier alpha value is -1.58. The van der Waals surface area contributed by atoms with Gasteiger partial charge in [0.1, 0.15) is 0 Å². The number of hydrogen-bond donors (Lipinski definition) is 1. The molecule has 0 bridgehead atoms. The van der Waals surface area contributed by atoms with Crippen LogP contribution in [0.4, 0.5) is 0 Å². The SMILES string of the molecule is CC(Cc1ccncc1)(C(=O)O)c1ccc(Cl)c(Cl)c1. The predicted molar refractivity (Wildman–Crippen MR) is 79.4 cm³/mol.